The molecule has 0 N–H and O–H groups in total. The molecule has 0 amide bonds. The standard InChI is InChI=1S/C13H15BrN2O/c1-9-13-10(14)5-4-6-11(13)16(15-9)12-7-2-3-8-17-12/h4-6,12H,2-3,7-8H2,1H3. The topological polar surface area (TPSA) is 27.1 Å². The van der Waals surface area contributed by atoms with E-state index in [4.69, 9.17) is 4.74 Å². The second-order valence-electron chi connectivity index (χ2n) is 4.49. The molecule has 1 aliphatic heterocycles. The van der Waals surface area contributed by atoms with Crippen LogP contribution in [0.2, 0.25) is 0 Å². The zero-order chi connectivity index (χ0) is 11.8. The van der Waals surface area contributed by atoms with Gasteiger partial charge in [0, 0.05) is 16.5 Å². The molecule has 2 heterocycles. The van der Waals surface area contributed by atoms with Gasteiger partial charge in [0.15, 0.2) is 6.23 Å². The molecule has 3 rings (SSSR count). The van der Waals surface area contributed by atoms with Crippen LogP contribution in [0.25, 0.3) is 10.9 Å². The summed E-state index contributed by atoms with van der Waals surface area (Å²) in [5, 5.41) is 5.83. The molecule has 3 nitrogen and oxygen atoms in total. The van der Waals surface area contributed by atoms with Crippen LogP contribution in [0.5, 0.6) is 0 Å². The summed E-state index contributed by atoms with van der Waals surface area (Å²) in [6.07, 6.45) is 3.55. The van der Waals surface area contributed by atoms with E-state index in [0.29, 0.717) is 0 Å². The molecule has 1 atom stereocenters. The molecule has 0 spiro atoms. The molecule has 1 aliphatic rings. The Hall–Kier alpha value is -0.870. The van der Waals surface area contributed by atoms with Crippen LogP contribution in [0.4, 0.5) is 0 Å². The van der Waals surface area contributed by atoms with Gasteiger partial charge in [-0.3, -0.25) is 0 Å². The van der Waals surface area contributed by atoms with Crippen molar-refractivity contribution in [1.29, 1.82) is 0 Å². The smallest absolute Gasteiger partial charge is 0.150 e. The Labute approximate surface area is 109 Å². The average Bonchev–Trinajstić information content (AvgIpc) is 2.69. The Kier molecular flexibility index (Phi) is 2.92. The molecular formula is C13H15BrN2O. The fraction of sp³-hybridized carbons (Fsp3) is 0.462. The van der Waals surface area contributed by atoms with Gasteiger partial charge in [0.05, 0.1) is 11.2 Å². The molecule has 1 aromatic heterocycles. The lowest BCUT2D eigenvalue weighted by atomic mass is 10.2. The van der Waals surface area contributed by atoms with E-state index in [1.54, 1.807) is 0 Å². The van der Waals surface area contributed by atoms with Gasteiger partial charge in [-0.25, -0.2) is 4.68 Å². The fourth-order valence-corrected chi connectivity index (χ4v) is 3.11. The van der Waals surface area contributed by atoms with Gasteiger partial charge in [0.1, 0.15) is 0 Å². The average molecular weight is 295 g/mol. The predicted octanol–water partition coefficient (Wildman–Crippen LogP) is 3.81. The number of benzene rings is 1. The van der Waals surface area contributed by atoms with Crippen molar-refractivity contribution >= 4 is 26.8 Å². The Morgan fingerprint density at radius 2 is 2.29 bits per heavy atom. The Morgan fingerprint density at radius 3 is 3.06 bits per heavy atom. The molecule has 1 saturated heterocycles. The van der Waals surface area contributed by atoms with Crippen molar-refractivity contribution in [1.82, 2.24) is 9.78 Å². The van der Waals surface area contributed by atoms with Gasteiger partial charge in [0.25, 0.3) is 0 Å². The van der Waals surface area contributed by atoms with Crippen LogP contribution in [0.1, 0.15) is 31.2 Å². The van der Waals surface area contributed by atoms with Crippen molar-refractivity contribution in [2.75, 3.05) is 6.61 Å². The highest BCUT2D eigenvalue weighted by Crippen LogP contribution is 2.31. The number of aromatic nitrogens is 2. The lowest BCUT2D eigenvalue weighted by molar-refractivity contribution is -0.0368. The number of rotatable bonds is 1. The van der Waals surface area contributed by atoms with E-state index in [9.17, 15) is 0 Å². The third kappa shape index (κ3) is 1.89. The van der Waals surface area contributed by atoms with Crippen LogP contribution in [0.15, 0.2) is 22.7 Å². The molecule has 1 unspecified atom stereocenters. The van der Waals surface area contributed by atoms with E-state index in [1.807, 2.05) is 17.7 Å². The molecule has 0 saturated carbocycles. The summed E-state index contributed by atoms with van der Waals surface area (Å²) >= 11 is 3.59. The monoisotopic (exact) mass is 294 g/mol. The number of fused-ring (bicyclic) bond motifs is 1. The van der Waals surface area contributed by atoms with E-state index in [-0.39, 0.29) is 6.23 Å². The summed E-state index contributed by atoms with van der Waals surface area (Å²) in [4.78, 5) is 0. The molecule has 0 bridgehead atoms. The van der Waals surface area contributed by atoms with Crippen molar-refractivity contribution < 1.29 is 4.74 Å². The zero-order valence-electron chi connectivity index (χ0n) is 9.82. The second-order valence-corrected chi connectivity index (χ2v) is 5.34. The molecule has 90 valence electrons. The predicted molar refractivity (Wildman–Crippen MR) is 71.0 cm³/mol. The summed E-state index contributed by atoms with van der Waals surface area (Å²) in [7, 11) is 0. The maximum atomic E-state index is 5.81. The van der Waals surface area contributed by atoms with Crippen molar-refractivity contribution in [3.8, 4) is 0 Å². The molecule has 1 fully saturated rings. The maximum absolute atomic E-state index is 5.81. The largest absolute Gasteiger partial charge is 0.356 e. The van der Waals surface area contributed by atoms with Crippen molar-refractivity contribution in [3.05, 3.63) is 28.4 Å². The Bertz CT molecular complexity index is 544. The fourth-order valence-electron chi connectivity index (χ4n) is 2.46. The van der Waals surface area contributed by atoms with Gasteiger partial charge in [-0.2, -0.15) is 5.10 Å². The molecule has 1 aromatic carbocycles. The first-order valence-electron chi connectivity index (χ1n) is 6.02. The maximum Gasteiger partial charge on any atom is 0.150 e. The number of halogens is 1. The molecular weight excluding hydrogens is 280 g/mol. The normalized spacial score (nSPS) is 20.9. The van der Waals surface area contributed by atoms with E-state index in [2.05, 4.69) is 33.2 Å². The molecule has 4 heteroatoms. The molecule has 0 aliphatic carbocycles. The van der Waals surface area contributed by atoms with Crippen LogP contribution in [-0.2, 0) is 4.74 Å². The highest BCUT2D eigenvalue weighted by molar-refractivity contribution is 9.10. The molecule has 2 aromatic rings. The first-order chi connectivity index (χ1) is 8.27. The van der Waals surface area contributed by atoms with Gasteiger partial charge < -0.3 is 4.74 Å². The Balaban J connectivity index is 2.13. The van der Waals surface area contributed by atoms with E-state index in [0.717, 1.165) is 28.7 Å². The molecule has 0 radical (unpaired) electrons. The van der Waals surface area contributed by atoms with Crippen molar-refractivity contribution in [2.45, 2.75) is 32.4 Å². The SMILES string of the molecule is Cc1nn(C2CCCCO2)c2cccc(Br)c12. The van der Waals surface area contributed by atoms with Crippen molar-refractivity contribution in [3.63, 3.8) is 0 Å². The first-order valence-corrected chi connectivity index (χ1v) is 6.81. The van der Waals surface area contributed by atoms with Crippen molar-refractivity contribution in [2.24, 2.45) is 0 Å². The van der Waals surface area contributed by atoms with E-state index < -0.39 is 0 Å². The summed E-state index contributed by atoms with van der Waals surface area (Å²) in [5.74, 6) is 0. The number of nitrogens with zero attached hydrogens (tertiary/aromatic N) is 2. The molecule has 17 heavy (non-hydrogen) atoms. The summed E-state index contributed by atoms with van der Waals surface area (Å²) < 4.78 is 8.95. The van der Waals surface area contributed by atoms with Crippen LogP contribution in [0, 0.1) is 6.92 Å². The zero-order valence-corrected chi connectivity index (χ0v) is 11.4. The van der Waals surface area contributed by atoms with Gasteiger partial charge in [-0.15, -0.1) is 0 Å². The van der Waals surface area contributed by atoms with Crippen LogP contribution in [-0.4, -0.2) is 16.4 Å². The van der Waals surface area contributed by atoms with Gasteiger partial charge in [0.2, 0.25) is 0 Å². The van der Waals surface area contributed by atoms with E-state index >= 15 is 0 Å². The lowest BCUT2D eigenvalue weighted by Crippen LogP contribution is -2.19. The van der Waals surface area contributed by atoms with Crippen LogP contribution < -0.4 is 0 Å². The van der Waals surface area contributed by atoms with Crippen LogP contribution in [0.3, 0.4) is 0 Å². The number of aryl methyl sites for hydroxylation is 1. The highest BCUT2D eigenvalue weighted by Gasteiger charge is 2.20. The number of hydrogen-bond donors (Lipinski definition) is 0. The summed E-state index contributed by atoms with van der Waals surface area (Å²) in [6.45, 7) is 2.89. The summed E-state index contributed by atoms with van der Waals surface area (Å²) in [5.41, 5.74) is 2.21. The van der Waals surface area contributed by atoms with Crippen LogP contribution >= 0.6 is 15.9 Å². The minimum Gasteiger partial charge on any atom is -0.356 e. The quantitative estimate of drug-likeness (QED) is 0.800. The Morgan fingerprint density at radius 1 is 1.41 bits per heavy atom. The van der Waals surface area contributed by atoms with Gasteiger partial charge >= 0.3 is 0 Å². The van der Waals surface area contributed by atoms with Gasteiger partial charge in [-0.05, 0) is 38.3 Å². The summed E-state index contributed by atoms with van der Waals surface area (Å²) in [6, 6.07) is 6.22. The highest BCUT2D eigenvalue weighted by atomic mass is 79.9. The minimum atomic E-state index is 0.106. The lowest BCUT2D eigenvalue weighted by Gasteiger charge is -2.23. The second kappa shape index (κ2) is 4.42. The third-order valence-corrected chi connectivity index (χ3v) is 3.95. The minimum absolute atomic E-state index is 0.106. The van der Waals surface area contributed by atoms with Gasteiger partial charge in [-0.1, -0.05) is 22.0 Å². The first kappa shape index (κ1) is 11.2. The van der Waals surface area contributed by atoms with E-state index in [1.165, 1.54) is 18.2 Å². The third-order valence-electron chi connectivity index (χ3n) is 3.29. The number of hydrogen-bond acceptors (Lipinski definition) is 2. The number of ether oxygens (including phenoxy) is 1.